The molecule has 2 nitrogen and oxygen atoms in total. The summed E-state index contributed by atoms with van der Waals surface area (Å²) in [5, 5.41) is 0. The highest BCUT2D eigenvalue weighted by atomic mass is 16.5. The first-order valence-corrected chi connectivity index (χ1v) is 7.45. The molecule has 1 aliphatic rings. The maximum Gasteiger partial charge on any atom is 0.119 e. The molecule has 1 fully saturated rings. The molecule has 1 aliphatic carbocycles. The normalized spacial score (nSPS) is 31.5. The zero-order chi connectivity index (χ0) is 14.0. The highest BCUT2D eigenvalue weighted by Gasteiger charge is 2.35. The van der Waals surface area contributed by atoms with E-state index in [1.807, 2.05) is 26.0 Å². The molecule has 0 amide bonds. The van der Waals surface area contributed by atoms with Crippen LogP contribution in [0.15, 0.2) is 24.3 Å². The lowest BCUT2D eigenvalue weighted by Crippen LogP contribution is -2.43. The van der Waals surface area contributed by atoms with Gasteiger partial charge in [0.25, 0.3) is 0 Å². The second kappa shape index (κ2) is 5.54. The number of nitrogens with two attached hydrogens (primary N) is 1. The van der Waals surface area contributed by atoms with Gasteiger partial charge in [0.15, 0.2) is 0 Å². The molecule has 2 rings (SSSR count). The molecule has 2 atom stereocenters. The average Bonchev–Trinajstić information content (AvgIpc) is 2.26. The third-order valence-electron chi connectivity index (χ3n) is 4.03. The Bertz CT molecular complexity index is 400. The van der Waals surface area contributed by atoms with Crippen molar-refractivity contribution in [1.29, 1.82) is 0 Å². The zero-order valence-electron chi connectivity index (χ0n) is 12.6. The van der Waals surface area contributed by atoms with Crippen LogP contribution in [0, 0.1) is 11.8 Å². The Labute approximate surface area is 117 Å². The maximum atomic E-state index is 6.67. The number of ether oxygens (including phenoxy) is 1. The van der Waals surface area contributed by atoms with E-state index in [4.69, 9.17) is 10.5 Å². The van der Waals surface area contributed by atoms with Crippen molar-refractivity contribution in [3.63, 3.8) is 0 Å². The Morgan fingerprint density at radius 3 is 2.11 bits per heavy atom. The monoisotopic (exact) mass is 261 g/mol. The van der Waals surface area contributed by atoms with Crippen molar-refractivity contribution in [2.75, 3.05) is 0 Å². The minimum Gasteiger partial charge on any atom is -0.491 e. The van der Waals surface area contributed by atoms with Crippen LogP contribution in [-0.4, -0.2) is 6.10 Å². The van der Waals surface area contributed by atoms with E-state index in [0.717, 1.165) is 18.6 Å². The van der Waals surface area contributed by atoms with Crippen LogP contribution in [0.3, 0.4) is 0 Å². The van der Waals surface area contributed by atoms with Gasteiger partial charge in [-0.3, -0.25) is 0 Å². The number of rotatable bonds is 3. The molecule has 0 bridgehead atoms. The first-order chi connectivity index (χ1) is 8.89. The molecule has 0 aliphatic heterocycles. The zero-order valence-corrected chi connectivity index (χ0v) is 12.6. The van der Waals surface area contributed by atoms with E-state index in [1.165, 1.54) is 12.0 Å². The maximum absolute atomic E-state index is 6.67. The fourth-order valence-electron chi connectivity index (χ4n) is 3.55. The fraction of sp³-hybridized carbons (Fsp3) is 0.647. The van der Waals surface area contributed by atoms with Crippen molar-refractivity contribution in [3.8, 4) is 5.75 Å². The van der Waals surface area contributed by atoms with Crippen LogP contribution in [0.4, 0.5) is 0 Å². The summed E-state index contributed by atoms with van der Waals surface area (Å²) in [7, 11) is 0. The molecule has 1 saturated carbocycles. The van der Waals surface area contributed by atoms with E-state index in [9.17, 15) is 0 Å². The Morgan fingerprint density at radius 1 is 1.11 bits per heavy atom. The summed E-state index contributed by atoms with van der Waals surface area (Å²) in [6.07, 6.45) is 3.68. The van der Waals surface area contributed by atoms with Gasteiger partial charge in [-0.2, -0.15) is 0 Å². The van der Waals surface area contributed by atoms with E-state index in [0.29, 0.717) is 11.8 Å². The predicted molar refractivity (Wildman–Crippen MR) is 80.3 cm³/mol. The van der Waals surface area contributed by atoms with Gasteiger partial charge in [-0.15, -0.1) is 0 Å². The van der Waals surface area contributed by atoms with Gasteiger partial charge in [-0.1, -0.05) is 26.0 Å². The summed E-state index contributed by atoms with van der Waals surface area (Å²) in [6.45, 7) is 8.71. The second-order valence-corrected chi connectivity index (χ2v) is 6.70. The van der Waals surface area contributed by atoms with Crippen molar-refractivity contribution in [1.82, 2.24) is 0 Å². The largest absolute Gasteiger partial charge is 0.491 e. The van der Waals surface area contributed by atoms with Gasteiger partial charge in [0.2, 0.25) is 0 Å². The van der Waals surface area contributed by atoms with Crippen LogP contribution in [0.1, 0.15) is 52.5 Å². The van der Waals surface area contributed by atoms with Gasteiger partial charge in [-0.25, -0.2) is 0 Å². The molecule has 106 valence electrons. The van der Waals surface area contributed by atoms with E-state index in [2.05, 4.69) is 26.0 Å². The first-order valence-electron chi connectivity index (χ1n) is 7.45. The lowest BCUT2D eigenvalue weighted by molar-refractivity contribution is 0.183. The smallest absolute Gasteiger partial charge is 0.119 e. The van der Waals surface area contributed by atoms with Crippen LogP contribution in [0.25, 0.3) is 0 Å². The predicted octanol–water partition coefficient (Wildman–Crippen LogP) is 4.08. The lowest BCUT2D eigenvalue weighted by Gasteiger charge is -2.40. The number of hydrogen-bond donors (Lipinski definition) is 1. The molecular formula is C17H27NO. The van der Waals surface area contributed by atoms with E-state index < -0.39 is 0 Å². The molecule has 0 radical (unpaired) electrons. The van der Waals surface area contributed by atoms with E-state index in [1.54, 1.807) is 0 Å². The van der Waals surface area contributed by atoms with Gasteiger partial charge in [0, 0.05) is 5.54 Å². The van der Waals surface area contributed by atoms with E-state index >= 15 is 0 Å². The molecule has 0 aromatic heterocycles. The van der Waals surface area contributed by atoms with Crippen molar-refractivity contribution in [2.45, 2.75) is 58.6 Å². The molecule has 0 saturated heterocycles. The van der Waals surface area contributed by atoms with Crippen LogP contribution < -0.4 is 10.5 Å². The summed E-state index contributed by atoms with van der Waals surface area (Å²) in [4.78, 5) is 0. The van der Waals surface area contributed by atoms with Gasteiger partial charge in [-0.05, 0) is 62.6 Å². The molecule has 19 heavy (non-hydrogen) atoms. The molecule has 0 spiro atoms. The summed E-state index contributed by atoms with van der Waals surface area (Å²) < 4.78 is 5.69. The minimum absolute atomic E-state index is 0.159. The summed E-state index contributed by atoms with van der Waals surface area (Å²) in [5.41, 5.74) is 7.76. The van der Waals surface area contributed by atoms with Gasteiger partial charge in [0.05, 0.1) is 6.10 Å². The molecule has 1 aromatic carbocycles. The third-order valence-corrected chi connectivity index (χ3v) is 4.03. The number of hydrogen-bond acceptors (Lipinski definition) is 2. The number of benzene rings is 1. The highest BCUT2D eigenvalue weighted by Crippen LogP contribution is 2.40. The minimum atomic E-state index is -0.159. The van der Waals surface area contributed by atoms with Gasteiger partial charge in [0.1, 0.15) is 5.75 Å². The Balaban J connectivity index is 2.16. The topological polar surface area (TPSA) is 35.2 Å². The molecule has 2 N–H and O–H groups in total. The molecule has 0 heterocycles. The van der Waals surface area contributed by atoms with Crippen LogP contribution in [0.2, 0.25) is 0 Å². The van der Waals surface area contributed by atoms with Gasteiger partial charge < -0.3 is 10.5 Å². The SMILES string of the molecule is CC1CC(C)CC(N)(c2ccc(OC(C)C)cc2)C1. The molecule has 2 unspecified atom stereocenters. The van der Waals surface area contributed by atoms with Crippen LogP contribution in [-0.2, 0) is 5.54 Å². The second-order valence-electron chi connectivity index (χ2n) is 6.70. The standard InChI is InChI=1S/C17H27NO/c1-12(2)19-16-7-5-15(6-8-16)17(18)10-13(3)9-14(4)11-17/h5-8,12-14H,9-11,18H2,1-4H3. The molecule has 2 heteroatoms. The fourth-order valence-corrected chi connectivity index (χ4v) is 3.55. The van der Waals surface area contributed by atoms with Crippen LogP contribution >= 0.6 is 0 Å². The molecular weight excluding hydrogens is 234 g/mol. The molecule has 1 aromatic rings. The Kier molecular flexibility index (Phi) is 4.19. The van der Waals surface area contributed by atoms with Crippen molar-refractivity contribution >= 4 is 0 Å². The summed E-state index contributed by atoms with van der Waals surface area (Å²) >= 11 is 0. The van der Waals surface area contributed by atoms with E-state index in [-0.39, 0.29) is 11.6 Å². The third kappa shape index (κ3) is 3.50. The first kappa shape index (κ1) is 14.4. The highest BCUT2D eigenvalue weighted by molar-refractivity contribution is 5.32. The van der Waals surface area contributed by atoms with Crippen molar-refractivity contribution in [2.24, 2.45) is 17.6 Å². The Hall–Kier alpha value is -1.02. The average molecular weight is 261 g/mol. The summed E-state index contributed by atoms with van der Waals surface area (Å²) in [5.74, 6) is 2.35. The quantitative estimate of drug-likeness (QED) is 0.889. The summed E-state index contributed by atoms with van der Waals surface area (Å²) in [6, 6.07) is 8.38. The lowest BCUT2D eigenvalue weighted by atomic mass is 9.69. The van der Waals surface area contributed by atoms with Crippen molar-refractivity contribution < 1.29 is 4.74 Å². The van der Waals surface area contributed by atoms with Crippen LogP contribution in [0.5, 0.6) is 5.75 Å². The van der Waals surface area contributed by atoms with Crippen molar-refractivity contribution in [3.05, 3.63) is 29.8 Å². The Morgan fingerprint density at radius 2 is 1.63 bits per heavy atom. The van der Waals surface area contributed by atoms with Gasteiger partial charge >= 0.3 is 0 Å².